The zero-order valence-electron chi connectivity index (χ0n) is 12.8. The van der Waals surface area contributed by atoms with E-state index in [2.05, 4.69) is 0 Å². The Kier molecular flexibility index (Phi) is 3.79. The number of rotatable bonds is 3. The highest BCUT2D eigenvalue weighted by Gasteiger charge is 2.31. The fraction of sp³-hybridized carbons (Fsp3) is 0.176. The van der Waals surface area contributed by atoms with Crippen LogP contribution in [0, 0.1) is 0 Å². The Morgan fingerprint density at radius 1 is 1.21 bits per heavy atom. The second-order valence-electron chi connectivity index (χ2n) is 5.33. The van der Waals surface area contributed by atoms with Crippen molar-refractivity contribution < 1.29 is 22.7 Å². The van der Waals surface area contributed by atoms with Crippen molar-refractivity contribution in [1.82, 2.24) is 4.57 Å². The molecule has 0 atom stereocenters. The molecule has 4 nitrogen and oxygen atoms in total. The van der Waals surface area contributed by atoms with Gasteiger partial charge in [-0.3, -0.25) is 0 Å². The number of halogens is 3. The van der Waals surface area contributed by atoms with Crippen LogP contribution < -0.4 is 5.73 Å². The molecule has 0 bridgehead atoms. The molecule has 2 aromatic heterocycles. The summed E-state index contributed by atoms with van der Waals surface area (Å²) in [4.78, 5) is 0. The van der Waals surface area contributed by atoms with Gasteiger partial charge in [0.1, 0.15) is 0 Å². The molecule has 2 heterocycles. The number of hydrogen-bond donors (Lipinski definition) is 2. The van der Waals surface area contributed by atoms with E-state index >= 15 is 0 Å². The lowest BCUT2D eigenvalue weighted by molar-refractivity contribution is -0.137. The Balaban J connectivity index is 2.10. The summed E-state index contributed by atoms with van der Waals surface area (Å²) in [6.45, 7) is 2.69. The number of benzene rings is 1. The van der Waals surface area contributed by atoms with Crippen molar-refractivity contribution in [3.05, 3.63) is 48.3 Å². The smallest absolute Gasteiger partial charge is 0.416 e. The maximum Gasteiger partial charge on any atom is 0.416 e. The Labute approximate surface area is 135 Å². The minimum Gasteiger partial charge on any atom is -0.504 e. The normalized spacial score (nSPS) is 11.8. The zero-order valence-corrected chi connectivity index (χ0v) is 12.8. The van der Waals surface area contributed by atoms with E-state index in [4.69, 9.17) is 10.2 Å². The molecular formula is C17H15F3N2O2. The number of anilines is 1. The highest BCUT2D eigenvalue weighted by molar-refractivity contribution is 5.86. The molecule has 0 aliphatic heterocycles. The highest BCUT2D eigenvalue weighted by atomic mass is 19.4. The molecule has 1 aromatic carbocycles. The number of aromatic hydroxyl groups is 1. The monoisotopic (exact) mass is 336 g/mol. The van der Waals surface area contributed by atoms with Gasteiger partial charge in [0.25, 0.3) is 0 Å². The zero-order chi connectivity index (χ0) is 17.5. The minimum atomic E-state index is -4.48. The van der Waals surface area contributed by atoms with E-state index in [1.807, 2.05) is 11.5 Å². The third kappa shape index (κ3) is 2.73. The number of nitrogens with zero attached hydrogens (tertiary/aromatic N) is 1. The summed E-state index contributed by atoms with van der Waals surface area (Å²) in [5, 5.41) is 10.4. The number of furan rings is 1. The second-order valence-corrected chi connectivity index (χ2v) is 5.33. The number of aromatic nitrogens is 1. The SMILES string of the molecule is CCn1ccc(-c2oc(N)c(-c3cccc(C(F)(F)F)c3)c2O)c1. The fourth-order valence-electron chi connectivity index (χ4n) is 2.54. The van der Waals surface area contributed by atoms with E-state index in [1.54, 1.807) is 18.5 Å². The molecule has 0 fully saturated rings. The van der Waals surface area contributed by atoms with Gasteiger partial charge in [0.05, 0.1) is 11.1 Å². The van der Waals surface area contributed by atoms with E-state index in [1.165, 1.54) is 12.1 Å². The van der Waals surface area contributed by atoms with Gasteiger partial charge in [0.2, 0.25) is 5.88 Å². The third-order valence-electron chi connectivity index (χ3n) is 3.77. The molecule has 0 radical (unpaired) electrons. The van der Waals surface area contributed by atoms with Crippen LogP contribution in [0.3, 0.4) is 0 Å². The van der Waals surface area contributed by atoms with Gasteiger partial charge in [0, 0.05) is 24.5 Å². The Morgan fingerprint density at radius 3 is 2.58 bits per heavy atom. The first-order chi connectivity index (χ1) is 11.3. The lowest BCUT2D eigenvalue weighted by atomic mass is 10.0. The van der Waals surface area contributed by atoms with E-state index in [9.17, 15) is 18.3 Å². The highest BCUT2D eigenvalue weighted by Crippen LogP contribution is 2.45. The molecule has 0 saturated heterocycles. The molecule has 7 heteroatoms. The third-order valence-corrected chi connectivity index (χ3v) is 3.77. The summed E-state index contributed by atoms with van der Waals surface area (Å²) in [5.41, 5.74) is 5.77. The molecule has 3 N–H and O–H groups in total. The molecule has 3 aromatic rings. The van der Waals surface area contributed by atoms with Crippen LogP contribution in [0.25, 0.3) is 22.5 Å². The summed E-state index contributed by atoms with van der Waals surface area (Å²) in [6.07, 6.45) is -0.920. The first-order valence-electron chi connectivity index (χ1n) is 7.26. The van der Waals surface area contributed by atoms with Gasteiger partial charge in [-0.05, 0) is 30.7 Å². The van der Waals surface area contributed by atoms with E-state index in [-0.39, 0.29) is 28.5 Å². The molecule has 0 aliphatic carbocycles. The molecule has 126 valence electrons. The molecule has 0 saturated carbocycles. The molecular weight excluding hydrogens is 321 g/mol. The van der Waals surface area contributed by atoms with Crippen LogP contribution in [-0.4, -0.2) is 9.67 Å². The lowest BCUT2D eigenvalue weighted by Gasteiger charge is -2.08. The van der Waals surface area contributed by atoms with Crippen LogP contribution in [0.5, 0.6) is 5.75 Å². The number of nitrogens with two attached hydrogens (primary N) is 1. The molecule has 0 amide bonds. The Morgan fingerprint density at radius 2 is 1.96 bits per heavy atom. The van der Waals surface area contributed by atoms with Gasteiger partial charge in [-0.1, -0.05) is 12.1 Å². The van der Waals surface area contributed by atoms with Crippen molar-refractivity contribution in [2.24, 2.45) is 0 Å². The van der Waals surface area contributed by atoms with Crippen molar-refractivity contribution in [3.8, 4) is 28.2 Å². The molecule has 0 spiro atoms. The summed E-state index contributed by atoms with van der Waals surface area (Å²) in [7, 11) is 0. The van der Waals surface area contributed by atoms with Gasteiger partial charge in [-0.2, -0.15) is 13.2 Å². The van der Waals surface area contributed by atoms with Gasteiger partial charge in [-0.25, -0.2) is 0 Å². The average molecular weight is 336 g/mol. The predicted molar refractivity (Wildman–Crippen MR) is 84.3 cm³/mol. The van der Waals surface area contributed by atoms with Crippen LogP contribution in [-0.2, 0) is 12.7 Å². The van der Waals surface area contributed by atoms with Crippen LogP contribution in [0.1, 0.15) is 12.5 Å². The van der Waals surface area contributed by atoms with Gasteiger partial charge >= 0.3 is 6.18 Å². The minimum absolute atomic E-state index is 0.0559. The first-order valence-corrected chi connectivity index (χ1v) is 7.26. The number of alkyl halides is 3. The van der Waals surface area contributed by atoms with Crippen molar-refractivity contribution in [2.75, 3.05) is 5.73 Å². The summed E-state index contributed by atoms with van der Waals surface area (Å²) >= 11 is 0. The first kappa shape index (κ1) is 16.0. The van der Waals surface area contributed by atoms with Crippen molar-refractivity contribution in [1.29, 1.82) is 0 Å². The van der Waals surface area contributed by atoms with E-state index < -0.39 is 11.7 Å². The topological polar surface area (TPSA) is 64.3 Å². The number of aryl methyl sites for hydroxylation is 1. The quantitative estimate of drug-likeness (QED) is 0.726. The summed E-state index contributed by atoms with van der Waals surface area (Å²) in [6, 6.07) is 6.33. The maximum absolute atomic E-state index is 12.9. The number of nitrogen functional groups attached to an aromatic ring is 1. The van der Waals surface area contributed by atoms with Crippen LogP contribution >= 0.6 is 0 Å². The largest absolute Gasteiger partial charge is 0.504 e. The molecule has 3 rings (SSSR count). The van der Waals surface area contributed by atoms with E-state index in [0.717, 1.165) is 18.7 Å². The van der Waals surface area contributed by atoms with Crippen LogP contribution in [0.4, 0.5) is 19.1 Å². The van der Waals surface area contributed by atoms with Gasteiger partial charge in [-0.15, -0.1) is 0 Å². The Hall–Kier alpha value is -2.83. The fourth-order valence-corrected chi connectivity index (χ4v) is 2.54. The summed E-state index contributed by atoms with van der Waals surface area (Å²) in [5.74, 6) is -0.279. The van der Waals surface area contributed by atoms with Gasteiger partial charge < -0.3 is 19.8 Å². The maximum atomic E-state index is 12.9. The second kappa shape index (κ2) is 5.67. The molecule has 24 heavy (non-hydrogen) atoms. The van der Waals surface area contributed by atoms with Gasteiger partial charge in [0.15, 0.2) is 11.5 Å². The lowest BCUT2D eigenvalue weighted by Crippen LogP contribution is -2.04. The van der Waals surface area contributed by atoms with E-state index in [0.29, 0.717) is 5.56 Å². The molecule has 0 unspecified atom stereocenters. The molecule has 0 aliphatic rings. The number of hydrogen-bond acceptors (Lipinski definition) is 3. The summed E-state index contributed by atoms with van der Waals surface area (Å²) < 4.78 is 45.9. The van der Waals surface area contributed by atoms with Crippen molar-refractivity contribution >= 4 is 5.88 Å². The van der Waals surface area contributed by atoms with Crippen LogP contribution in [0.2, 0.25) is 0 Å². The standard InChI is InChI=1S/C17H15F3N2O2/c1-2-22-7-6-11(9-22)15-14(23)13(16(21)24-15)10-4-3-5-12(8-10)17(18,19)20/h3-9,23H,2,21H2,1H3. The average Bonchev–Trinajstić information content (AvgIpc) is 3.11. The predicted octanol–water partition coefficient (Wildman–Crippen LogP) is 4.74. The Bertz CT molecular complexity index is 878. The van der Waals surface area contributed by atoms with Crippen molar-refractivity contribution in [3.63, 3.8) is 0 Å². The van der Waals surface area contributed by atoms with Crippen LogP contribution in [0.15, 0.2) is 47.1 Å². The van der Waals surface area contributed by atoms with Crippen molar-refractivity contribution in [2.45, 2.75) is 19.6 Å².